The molecule has 3 nitrogen and oxygen atoms in total. The summed E-state index contributed by atoms with van der Waals surface area (Å²) in [5.41, 5.74) is 0.716. The van der Waals surface area contributed by atoms with Crippen molar-refractivity contribution in [3.63, 3.8) is 0 Å². The number of pyridine rings is 1. The highest BCUT2D eigenvalue weighted by atomic mass is 16.1. The van der Waals surface area contributed by atoms with Crippen molar-refractivity contribution in [2.45, 2.75) is 45.1 Å². The van der Waals surface area contributed by atoms with Crippen molar-refractivity contribution in [2.24, 2.45) is 0 Å². The van der Waals surface area contributed by atoms with Crippen LogP contribution < -0.4 is 4.90 Å². The second-order valence-electron chi connectivity index (χ2n) is 4.64. The maximum atomic E-state index is 11.1. The van der Waals surface area contributed by atoms with Gasteiger partial charge in [0.1, 0.15) is 5.82 Å². The standard InChI is InChI=1S/C14H20N2O/c1-2-13-8-4-3-5-10-16(13)14-12(11-17)7-6-9-15-14/h6-7,9,11,13H,2-5,8,10H2,1H3. The Morgan fingerprint density at radius 3 is 3.12 bits per heavy atom. The van der Waals surface area contributed by atoms with Crippen molar-refractivity contribution in [3.05, 3.63) is 23.9 Å². The Morgan fingerprint density at radius 2 is 2.35 bits per heavy atom. The number of carbonyl (C=O) groups excluding carboxylic acids is 1. The van der Waals surface area contributed by atoms with Crippen LogP contribution in [0.2, 0.25) is 0 Å². The lowest BCUT2D eigenvalue weighted by atomic mass is 10.1. The Hall–Kier alpha value is -1.38. The average Bonchev–Trinajstić information content (AvgIpc) is 2.63. The van der Waals surface area contributed by atoms with E-state index in [1.165, 1.54) is 25.7 Å². The monoisotopic (exact) mass is 232 g/mol. The number of aldehydes is 1. The first-order valence-electron chi connectivity index (χ1n) is 6.53. The molecule has 1 aromatic heterocycles. The highest BCUT2D eigenvalue weighted by Crippen LogP contribution is 2.26. The van der Waals surface area contributed by atoms with Gasteiger partial charge in [-0.15, -0.1) is 0 Å². The molecule has 2 rings (SSSR count). The number of carbonyl (C=O) groups is 1. The third-order valence-corrected chi connectivity index (χ3v) is 3.56. The van der Waals surface area contributed by atoms with Gasteiger partial charge in [-0.05, 0) is 31.4 Å². The van der Waals surface area contributed by atoms with E-state index in [9.17, 15) is 4.79 Å². The van der Waals surface area contributed by atoms with Crippen LogP contribution in [0.3, 0.4) is 0 Å². The highest BCUT2D eigenvalue weighted by Gasteiger charge is 2.22. The molecule has 92 valence electrons. The zero-order chi connectivity index (χ0) is 12.1. The third kappa shape index (κ3) is 2.65. The molecule has 0 amide bonds. The van der Waals surface area contributed by atoms with E-state index >= 15 is 0 Å². The average molecular weight is 232 g/mol. The minimum Gasteiger partial charge on any atom is -0.353 e. The van der Waals surface area contributed by atoms with Gasteiger partial charge in [-0.2, -0.15) is 0 Å². The van der Waals surface area contributed by atoms with Gasteiger partial charge < -0.3 is 4.90 Å². The maximum Gasteiger partial charge on any atom is 0.153 e. The van der Waals surface area contributed by atoms with Crippen LogP contribution in [0.1, 0.15) is 49.4 Å². The molecule has 0 N–H and O–H groups in total. The molecule has 3 heteroatoms. The summed E-state index contributed by atoms with van der Waals surface area (Å²) in [5.74, 6) is 0.872. The fourth-order valence-electron chi connectivity index (χ4n) is 2.62. The Morgan fingerprint density at radius 1 is 1.47 bits per heavy atom. The fourth-order valence-corrected chi connectivity index (χ4v) is 2.62. The normalized spacial score (nSPS) is 21.0. The van der Waals surface area contributed by atoms with Crippen LogP contribution in [-0.2, 0) is 0 Å². The van der Waals surface area contributed by atoms with Gasteiger partial charge >= 0.3 is 0 Å². The molecule has 0 saturated carbocycles. The molecule has 0 bridgehead atoms. The predicted molar refractivity (Wildman–Crippen MR) is 69.5 cm³/mol. The van der Waals surface area contributed by atoms with Crippen molar-refractivity contribution in [2.75, 3.05) is 11.4 Å². The lowest BCUT2D eigenvalue weighted by molar-refractivity contribution is 0.112. The van der Waals surface area contributed by atoms with E-state index in [-0.39, 0.29) is 0 Å². The molecular formula is C14H20N2O. The van der Waals surface area contributed by atoms with Gasteiger partial charge in [0.05, 0.1) is 5.56 Å². The summed E-state index contributed by atoms with van der Waals surface area (Å²) in [5, 5.41) is 0. The molecule has 1 atom stereocenters. The third-order valence-electron chi connectivity index (χ3n) is 3.56. The van der Waals surface area contributed by atoms with Gasteiger partial charge in [0.25, 0.3) is 0 Å². The molecular weight excluding hydrogens is 212 g/mol. The number of anilines is 1. The Kier molecular flexibility index (Phi) is 4.13. The first kappa shape index (κ1) is 12.1. The molecule has 1 aliphatic rings. The first-order valence-corrected chi connectivity index (χ1v) is 6.53. The van der Waals surface area contributed by atoms with Gasteiger partial charge in [0, 0.05) is 18.8 Å². The summed E-state index contributed by atoms with van der Waals surface area (Å²) < 4.78 is 0. The molecule has 0 aromatic carbocycles. The van der Waals surface area contributed by atoms with Crippen LogP contribution >= 0.6 is 0 Å². The van der Waals surface area contributed by atoms with Gasteiger partial charge in [-0.1, -0.05) is 19.8 Å². The Bertz CT molecular complexity index is 378. The fraction of sp³-hybridized carbons (Fsp3) is 0.571. The molecule has 1 unspecified atom stereocenters. The van der Waals surface area contributed by atoms with E-state index in [0.717, 1.165) is 25.1 Å². The van der Waals surface area contributed by atoms with E-state index in [1.807, 2.05) is 12.1 Å². The second-order valence-corrected chi connectivity index (χ2v) is 4.64. The zero-order valence-corrected chi connectivity index (χ0v) is 10.4. The first-order chi connectivity index (χ1) is 8.36. The molecule has 0 aliphatic carbocycles. The molecule has 1 saturated heterocycles. The summed E-state index contributed by atoms with van der Waals surface area (Å²) in [6.07, 6.45) is 8.81. The van der Waals surface area contributed by atoms with Gasteiger partial charge in [0.2, 0.25) is 0 Å². The minimum absolute atomic E-state index is 0.533. The quantitative estimate of drug-likeness (QED) is 0.751. The summed E-state index contributed by atoms with van der Waals surface area (Å²) in [4.78, 5) is 17.8. The molecule has 0 spiro atoms. The number of aromatic nitrogens is 1. The highest BCUT2D eigenvalue weighted by molar-refractivity contribution is 5.82. The van der Waals surface area contributed by atoms with Crippen molar-refractivity contribution in [1.82, 2.24) is 4.98 Å². The smallest absolute Gasteiger partial charge is 0.153 e. The summed E-state index contributed by atoms with van der Waals surface area (Å²) in [6.45, 7) is 3.24. The lowest BCUT2D eigenvalue weighted by Gasteiger charge is -2.31. The topological polar surface area (TPSA) is 33.2 Å². The van der Waals surface area contributed by atoms with Gasteiger partial charge in [-0.3, -0.25) is 4.79 Å². The van der Waals surface area contributed by atoms with Crippen molar-refractivity contribution in [3.8, 4) is 0 Å². The van der Waals surface area contributed by atoms with E-state index < -0.39 is 0 Å². The van der Waals surface area contributed by atoms with E-state index in [1.54, 1.807) is 6.20 Å². The van der Waals surface area contributed by atoms with E-state index in [4.69, 9.17) is 0 Å². The number of nitrogens with zero attached hydrogens (tertiary/aromatic N) is 2. The van der Waals surface area contributed by atoms with Crippen LogP contribution in [0.5, 0.6) is 0 Å². The molecule has 1 aliphatic heterocycles. The summed E-state index contributed by atoms with van der Waals surface area (Å²) >= 11 is 0. The molecule has 0 radical (unpaired) electrons. The number of hydrogen-bond acceptors (Lipinski definition) is 3. The van der Waals surface area contributed by atoms with Crippen LogP contribution in [0.4, 0.5) is 5.82 Å². The van der Waals surface area contributed by atoms with E-state index in [0.29, 0.717) is 11.6 Å². The molecule has 1 aromatic rings. The molecule has 1 fully saturated rings. The van der Waals surface area contributed by atoms with Crippen LogP contribution in [0, 0.1) is 0 Å². The number of rotatable bonds is 3. The summed E-state index contributed by atoms with van der Waals surface area (Å²) in [7, 11) is 0. The maximum absolute atomic E-state index is 11.1. The minimum atomic E-state index is 0.533. The largest absolute Gasteiger partial charge is 0.353 e. The molecule has 2 heterocycles. The van der Waals surface area contributed by atoms with Crippen LogP contribution in [0.15, 0.2) is 18.3 Å². The zero-order valence-electron chi connectivity index (χ0n) is 10.4. The number of hydrogen-bond donors (Lipinski definition) is 0. The van der Waals surface area contributed by atoms with Crippen LogP contribution in [0.25, 0.3) is 0 Å². The van der Waals surface area contributed by atoms with Crippen molar-refractivity contribution in [1.29, 1.82) is 0 Å². The summed E-state index contributed by atoms with van der Waals surface area (Å²) in [6, 6.07) is 4.21. The second kappa shape index (κ2) is 5.80. The van der Waals surface area contributed by atoms with Gasteiger partial charge in [-0.25, -0.2) is 4.98 Å². The molecule has 17 heavy (non-hydrogen) atoms. The van der Waals surface area contributed by atoms with Crippen molar-refractivity contribution >= 4 is 12.1 Å². The predicted octanol–water partition coefficient (Wildman–Crippen LogP) is 3.05. The Balaban J connectivity index is 2.31. The lowest BCUT2D eigenvalue weighted by Crippen LogP contribution is -2.35. The van der Waals surface area contributed by atoms with Crippen molar-refractivity contribution < 1.29 is 4.79 Å². The SMILES string of the molecule is CCC1CCCCCN1c1ncccc1C=O. The van der Waals surface area contributed by atoms with Crippen LogP contribution in [-0.4, -0.2) is 23.9 Å². The Labute approximate surface area is 103 Å². The van der Waals surface area contributed by atoms with E-state index in [2.05, 4.69) is 16.8 Å². The van der Waals surface area contributed by atoms with Gasteiger partial charge in [0.15, 0.2) is 6.29 Å².